The number of carbonyl (C=O) groups is 1. The lowest BCUT2D eigenvalue weighted by atomic mass is 10.5. The Kier molecular flexibility index (Phi) is 5.20. The van der Waals surface area contributed by atoms with E-state index in [4.69, 9.17) is 4.79 Å². The second-order valence-electron chi connectivity index (χ2n) is 1.41. The molecule has 1 aromatic heterocycles. The van der Waals surface area contributed by atoms with Gasteiger partial charge in [0, 0.05) is 6.07 Å². The number of halogens is 3. The highest BCUT2D eigenvalue weighted by Gasteiger charge is 1.89. The van der Waals surface area contributed by atoms with Gasteiger partial charge in [-0.1, -0.05) is 0 Å². The van der Waals surface area contributed by atoms with Crippen molar-refractivity contribution in [2.45, 2.75) is 0 Å². The number of nitrogens with zero attached hydrogens (tertiary/aromatic N) is 1. The fraction of sp³-hybridized carbons (Fsp3) is 0. The zero-order valence-corrected chi connectivity index (χ0v) is 6.05. The van der Waals surface area contributed by atoms with Gasteiger partial charge in [-0.25, -0.2) is 8.78 Å². The fourth-order valence-corrected chi connectivity index (χ4v) is 0.386. The van der Waals surface area contributed by atoms with Crippen LogP contribution < -0.4 is 0 Å². The Labute approximate surface area is 66.8 Å². The molecule has 60 valence electrons. The van der Waals surface area contributed by atoms with Crippen molar-refractivity contribution >= 4 is 17.3 Å². The van der Waals surface area contributed by atoms with Crippen LogP contribution in [-0.4, -0.2) is 10.7 Å². The van der Waals surface area contributed by atoms with Crippen LogP contribution in [0.15, 0.2) is 18.5 Å². The third-order valence-corrected chi connectivity index (χ3v) is 0.672. The lowest BCUT2D eigenvalue weighted by Gasteiger charge is -1.83. The Bertz CT molecular complexity index is 214. The van der Waals surface area contributed by atoms with E-state index < -0.39 is 11.6 Å². The average molecular weight is 180 g/mol. The first-order valence-corrected chi connectivity index (χ1v) is 2.94. The van der Waals surface area contributed by atoms with Gasteiger partial charge in [0.05, 0.1) is 12.4 Å². The summed E-state index contributed by atoms with van der Waals surface area (Å²) < 4.78 is 23.7. The first kappa shape index (κ1) is 9.97. The Hall–Kier alpha value is -1.03. The number of pyridine rings is 1. The molecule has 0 saturated carbocycles. The minimum Gasteiger partial charge on any atom is -0.285 e. The molecule has 0 N–H and O–H groups in total. The van der Waals surface area contributed by atoms with Crippen molar-refractivity contribution in [3.8, 4) is 0 Å². The number of rotatable bonds is 0. The standard InChI is InChI=1S/C5H3F2N.CHClO/c6-4-1-5(7)3-8-2-4;2-1-3/h1-3H;1H. The summed E-state index contributed by atoms with van der Waals surface area (Å²) in [6.07, 6.45) is 1.90. The summed E-state index contributed by atoms with van der Waals surface area (Å²) in [6, 6.07) is 0.771. The van der Waals surface area contributed by atoms with Crippen LogP contribution in [0.2, 0.25) is 0 Å². The summed E-state index contributed by atoms with van der Waals surface area (Å²) >= 11 is 4.32. The van der Waals surface area contributed by atoms with Crippen LogP contribution in [0.4, 0.5) is 8.78 Å². The summed E-state index contributed by atoms with van der Waals surface area (Å²) in [5, 5.41) is 0. The molecule has 0 aromatic carbocycles. The SMILES string of the molecule is Fc1cncc(F)c1.O=CCl. The Balaban J connectivity index is 0.000000292. The van der Waals surface area contributed by atoms with Gasteiger partial charge in [0.25, 0.3) is 0 Å². The molecular formula is C6H4ClF2NO. The van der Waals surface area contributed by atoms with E-state index in [1.54, 1.807) is 0 Å². The third-order valence-electron chi connectivity index (χ3n) is 0.672. The molecule has 0 aliphatic carbocycles. The van der Waals surface area contributed by atoms with Crippen LogP contribution in [0.1, 0.15) is 0 Å². The Morgan fingerprint density at radius 3 is 1.91 bits per heavy atom. The summed E-state index contributed by atoms with van der Waals surface area (Å²) in [6.45, 7) is 0. The summed E-state index contributed by atoms with van der Waals surface area (Å²) in [4.78, 5) is 11.8. The molecule has 1 aromatic rings. The third kappa shape index (κ3) is 5.42. The van der Waals surface area contributed by atoms with Gasteiger partial charge in [-0.05, 0) is 11.6 Å². The van der Waals surface area contributed by atoms with Crippen molar-refractivity contribution in [2.75, 3.05) is 0 Å². The minimum absolute atomic E-state index is 0.222. The first-order valence-electron chi connectivity index (χ1n) is 2.50. The number of hydrogen-bond donors (Lipinski definition) is 0. The van der Waals surface area contributed by atoms with Crippen molar-refractivity contribution in [3.63, 3.8) is 0 Å². The maximum absolute atomic E-state index is 11.9. The van der Waals surface area contributed by atoms with E-state index in [9.17, 15) is 8.78 Å². The normalized spacial score (nSPS) is 7.91. The molecule has 0 unspecified atom stereocenters. The van der Waals surface area contributed by atoms with Gasteiger partial charge in [0.2, 0.25) is 5.75 Å². The van der Waals surface area contributed by atoms with E-state index in [2.05, 4.69) is 16.6 Å². The molecule has 0 saturated heterocycles. The molecule has 2 nitrogen and oxygen atoms in total. The molecular weight excluding hydrogens is 176 g/mol. The van der Waals surface area contributed by atoms with E-state index >= 15 is 0 Å². The zero-order chi connectivity index (χ0) is 8.69. The van der Waals surface area contributed by atoms with Crippen molar-refractivity contribution in [3.05, 3.63) is 30.1 Å². The van der Waals surface area contributed by atoms with Gasteiger partial charge >= 0.3 is 0 Å². The smallest absolute Gasteiger partial charge is 0.208 e. The van der Waals surface area contributed by atoms with E-state index in [-0.39, 0.29) is 5.75 Å². The maximum Gasteiger partial charge on any atom is 0.208 e. The molecule has 0 aliphatic heterocycles. The highest BCUT2D eigenvalue weighted by Crippen LogP contribution is 1.95. The first-order chi connectivity index (χ1) is 5.20. The molecule has 0 fully saturated rings. The average Bonchev–Trinajstić information content (AvgIpc) is 1.88. The largest absolute Gasteiger partial charge is 0.285 e. The van der Waals surface area contributed by atoms with Gasteiger partial charge in [0.15, 0.2) is 0 Å². The highest BCUT2D eigenvalue weighted by atomic mass is 35.5. The van der Waals surface area contributed by atoms with E-state index in [0.717, 1.165) is 18.5 Å². The predicted molar refractivity (Wildman–Crippen MR) is 36.8 cm³/mol. The number of carbonyl (C=O) groups excluding carboxylic acids is 1. The molecule has 11 heavy (non-hydrogen) atoms. The topological polar surface area (TPSA) is 30.0 Å². The zero-order valence-electron chi connectivity index (χ0n) is 5.30. The number of aromatic nitrogens is 1. The molecule has 0 bridgehead atoms. The van der Waals surface area contributed by atoms with Gasteiger partial charge in [0.1, 0.15) is 11.6 Å². The molecule has 0 aliphatic rings. The van der Waals surface area contributed by atoms with Crippen LogP contribution in [-0.2, 0) is 4.79 Å². The monoisotopic (exact) mass is 179 g/mol. The van der Waals surface area contributed by atoms with Crippen molar-refractivity contribution in [1.82, 2.24) is 4.98 Å². The minimum atomic E-state index is -0.648. The molecule has 0 amide bonds. The second-order valence-corrected chi connectivity index (χ2v) is 1.59. The van der Waals surface area contributed by atoms with Crippen LogP contribution in [0.25, 0.3) is 0 Å². The molecule has 0 atom stereocenters. The summed E-state index contributed by atoms with van der Waals surface area (Å²) in [5.74, 6) is -1.07. The van der Waals surface area contributed by atoms with Crippen molar-refractivity contribution in [2.24, 2.45) is 0 Å². The van der Waals surface area contributed by atoms with Crippen molar-refractivity contribution in [1.29, 1.82) is 0 Å². The van der Waals surface area contributed by atoms with Gasteiger partial charge in [-0.3, -0.25) is 9.78 Å². The second kappa shape index (κ2) is 5.73. The van der Waals surface area contributed by atoms with Gasteiger partial charge < -0.3 is 0 Å². The van der Waals surface area contributed by atoms with Crippen LogP contribution in [0, 0.1) is 11.6 Å². The summed E-state index contributed by atoms with van der Waals surface area (Å²) in [5.41, 5.74) is 0. The van der Waals surface area contributed by atoms with E-state index in [0.29, 0.717) is 0 Å². The van der Waals surface area contributed by atoms with Crippen LogP contribution in [0.3, 0.4) is 0 Å². The molecule has 0 spiro atoms. The van der Waals surface area contributed by atoms with Crippen molar-refractivity contribution < 1.29 is 13.6 Å². The van der Waals surface area contributed by atoms with E-state index in [1.165, 1.54) is 0 Å². The van der Waals surface area contributed by atoms with E-state index in [1.807, 2.05) is 0 Å². The fourth-order valence-electron chi connectivity index (χ4n) is 0.386. The highest BCUT2D eigenvalue weighted by molar-refractivity contribution is 6.54. The quantitative estimate of drug-likeness (QED) is 0.449. The Morgan fingerprint density at radius 1 is 1.36 bits per heavy atom. The van der Waals surface area contributed by atoms with Gasteiger partial charge in [-0.15, -0.1) is 0 Å². The lowest BCUT2D eigenvalue weighted by molar-refractivity contribution is 0.569. The van der Waals surface area contributed by atoms with Crippen LogP contribution in [0.5, 0.6) is 0 Å². The molecule has 5 heteroatoms. The van der Waals surface area contributed by atoms with Crippen LogP contribution >= 0.6 is 11.6 Å². The predicted octanol–water partition coefficient (Wildman–Crippen LogP) is 1.78. The number of hydrogen-bond acceptors (Lipinski definition) is 2. The molecule has 1 rings (SSSR count). The lowest BCUT2D eigenvalue weighted by Crippen LogP contribution is -1.78. The molecule has 1 heterocycles. The molecule has 0 radical (unpaired) electrons. The Morgan fingerprint density at radius 2 is 1.73 bits per heavy atom. The van der Waals surface area contributed by atoms with Gasteiger partial charge in [-0.2, -0.15) is 0 Å². The maximum atomic E-state index is 11.9. The summed E-state index contributed by atoms with van der Waals surface area (Å²) in [7, 11) is 0.